The molecule has 0 saturated carbocycles. The lowest BCUT2D eigenvalue weighted by Gasteiger charge is -2.20. The Labute approximate surface area is 145 Å². The molecule has 6 heteroatoms. The number of amidine groups is 1. The van der Waals surface area contributed by atoms with Gasteiger partial charge in [0.15, 0.2) is 5.17 Å². The Morgan fingerprint density at radius 3 is 3.04 bits per heavy atom. The average Bonchev–Trinajstić information content (AvgIpc) is 3.27. The number of carbonyl (C=O) groups is 1. The van der Waals surface area contributed by atoms with Gasteiger partial charge >= 0.3 is 0 Å². The summed E-state index contributed by atoms with van der Waals surface area (Å²) in [5.74, 6) is -0.133. The number of para-hydroxylation sites is 1. The first-order chi connectivity index (χ1) is 11.6. The van der Waals surface area contributed by atoms with Crippen LogP contribution in [-0.4, -0.2) is 59.1 Å². The Morgan fingerprint density at radius 1 is 1.38 bits per heavy atom. The molecule has 124 valence electrons. The van der Waals surface area contributed by atoms with Gasteiger partial charge in [0.25, 0.3) is 5.91 Å². The molecule has 1 aromatic heterocycles. The van der Waals surface area contributed by atoms with Crippen LogP contribution in [0.15, 0.2) is 40.4 Å². The number of aromatic amines is 1. The third kappa shape index (κ3) is 2.76. The largest absolute Gasteiger partial charge is 0.361 e. The number of thioether (sulfide) groups is 1. The Bertz CT molecular complexity index is 852. The second-order valence-electron chi connectivity index (χ2n) is 6.45. The molecule has 0 aliphatic carbocycles. The van der Waals surface area contributed by atoms with E-state index in [0.717, 1.165) is 41.1 Å². The lowest BCUT2D eigenvalue weighted by atomic mass is 10.1. The van der Waals surface area contributed by atoms with E-state index in [9.17, 15) is 4.79 Å². The molecule has 3 heterocycles. The fraction of sp³-hybridized carbons (Fsp3) is 0.333. The van der Waals surface area contributed by atoms with E-state index in [4.69, 9.17) is 0 Å². The number of nitrogens with one attached hydrogen (secondary N) is 1. The number of hydrogen-bond donors (Lipinski definition) is 1. The first-order valence-electron chi connectivity index (χ1n) is 8.12. The Hall–Kier alpha value is -2.05. The standard InChI is InChI=1S/C18H20N4OS/c1-21(2)14-7-9-22(11-14)18-20-17(23)15(24-18)10-13-5-3-4-12-6-8-19-16(12)13/h3-6,8,10,14,19H,7,9,11H2,1-2H3/b15-10-/t14-/m0/s1. The van der Waals surface area contributed by atoms with Crippen molar-refractivity contribution in [2.24, 2.45) is 4.99 Å². The third-order valence-electron chi connectivity index (χ3n) is 4.68. The van der Waals surface area contributed by atoms with Gasteiger partial charge in [0, 0.05) is 25.3 Å². The number of aromatic nitrogens is 1. The van der Waals surface area contributed by atoms with Gasteiger partial charge < -0.3 is 14.8 Å². The van der Waals surface area contributed by atoms with Crippen molar-refractivity contribution in [3.8, 4) is 0 Å². The molecule has 1 atom stereocenters. The monoisotopic (exact) mass is 340 g/mol. The average molecular weight is 340 g/mol. The summed E-state index contributed by atoms with van der Waals surface area (Å²) < 4.78 is 0. The Balaban J connectivity index is 1.55. The number of H-pyrrole nitrogens is 1. The van der Waals surface area contributed by atoms with Crippen LogP contribution in [0.2, 0.25) is 0 Å². The molecule has 4 rings (SSSR count). The van der Waals surface area contributed by atoms with Gasteiger partial charge in [-0.3, -0.25) is 4.79 Å². The number of benzene rings is 1. The molecule has 1 N–H and O–H groups in total. The van der Waals surface area contributed by atoms with Crippen LogP contribution in [0, 0.1) is 0 Å². The van der Waals surface area contributed by atoms with E-state index in [-0.39, 0.29) is 5.91 Å². The molecule has 0 bridgehead atoms. The highest BCUT2D eigenvalue weighted by Gasteiger charge is 2.31. The van der Waals surface area contributed by atoms with Crippen molar-refractivity contribution in [2.45, 2.75) is 12.5 Å². The normalized spacial score (nSPS) is 23.0. The number of nitrogens with zero attached hydrogens (tertiary/aromatic N) is 3. The number of fused-ring (bicyclic) bond motifs is 1. The predicted molar refractivity (Wildman–Crippen MR) is 100.0 cm³/mol. The van der Waals surface area contributed by atoms with Gasteiger partial charge in [-0.2, -0.15) is 4.99 Å². The van der Waals surface area contributed by atoms with E-state index in [1.165, 1.54) is 11.8 Å². The van der Waals surface area contributed by atoms with Crippen LogP contribution >= 0.6 is 11.8 Å². The quantitative estimate of drug-likeness (QED) is 0.854. The van der Waals surface area contributed by atoms with E-state index in [1.54, 1.807) is 0 Å². The highest BCUT2D eigenvalue weighted by Crippen LogP contribution is 2.33. The molecule has 1 saturated heterocycles. The van der Waals surface area contributed by atoms with Crippen molar-refractivity contribution in [1.82, 2.24) is 14.8 Å². The molecule has 1 fully saturated rings. The molecule has 0 unspecified atom stereocenters. The van der Waals surface area contributed by atoms with E-state index in [2.05, 4.69) is 39.9 Å². The molecule has 1 amide bonds. The summed E-state index contributed by atoms with van der Waals surface area (Å²) in [4.78, 5) is 25.0. The highest BCUT2D eigenvalue weighted by atomic mass is 32.2. The van der Waals surface area contributed by atoms with Crippen LogP contribution in [-0.2, 0) is 4.79 Å². The molecule has 0 radical (unpaired) electrons. The second-order valence-corrected chi connectivity index (χ2v) is 7.46. The Morgan fingerprint density at radius 2 is 2.25 bits per heavy atom. The topological polar surface area (TPSA) is 51.7 Å². The van der Waals surface area contributed by atoms with Crippen LogP contribution in [0.5, 0.6) is 0 Å². The van der Waals surface area contributed by atoms with E-state index >= 15 is 0 Å². The zero-order valence-electron chi connectivity index (χ0n) is 13.8. The summed E-state index contributed by atoms with van der Waals surface area (Å²) in [6.07, 6.45) is 4.98. The van der Waals surface area contributed by atoms with E-state index in [1.807, 2.05) is 30.5 Å². The van der Waals surface area contributed by atoms with Crippen molar-refractivity contribution >= 4 is 39.8 Å². The van der Waals surface area contributed by atoms with Gasteiger partial charge in [0.05, 0.1) is 10.4 Å². The maximum Gasteiger partial charge on any atom is 0.286 e. The molecular weight excluding hydrogens is 320 g/mol. The fourth-order valence-corrected chi connectivity index (χ4v) is 4.18. The van der Waals surface area contributed by atoms with Crippen LogP contribution in [0.25, 0.3) is 17.0 Å². The molecule has 2 aliphatic heterocycles. The summed E-state index contributed by atoms with van der Waals surface area (Å²) in [6, 6.07) is 8.66. The van der Waals surface area contributed by atoms with Crippen molar-refractivity contribution < 1.29 is 4.79 Å². The molecule has 2 aromatic rings. The SMILES string of the molecule is CN(C)[C@H]1CCN(C2=NC(=O)/C(=C/c3cccc4cc[nH]c34)S2)C1. The molecule has 1 aromatic carbocycles. The maximum absolute atomic E-state index is 12.3. The second kappa shape index (κ2) is 6.11. The predicted octanol–water partition coefficient (Wildman–Crippen LogP) is 2.77. The van der Waals surface area contributed by atoms with Gasteiger partial charge in [0.1, 0.15) is 0 Å². The van der Waals surface area contributed by atoms with E-state index in [0.29, 0.717) is 10.9 Å². The van der Waals surface area contributed by atoms with Crippen molar-refractivity contribution in [3.63, 3.8) is 0 Å². The van der Waals surface area contributed by atoms with Crippen LogP contribution < -0.4 is 0 Å². The molecule has 5 nitrogen and oxygen atoms in total. The number of rotatable bonds is 2. The zero-order chi connectivity index (χ0) is 16.7. The number of amides is 1. The molecular formula is C18H20N4OS. The van der Waals surface area contributed by atoms with Crippen LogP contribution in [0.3, 0.4) is 0 Å². The number of aliphatic imine (C=N–C) groups is 1. The molecule has 24 heavy (non-hydrogen) atoms. The van der Waals surface area contributed by atoms with Crippen molar-refractivity contribution in [1.29, 1.82) is 0 Å². The third-order valence-corrected chi connectivity index (χ3v) is 5.72. The van der Waals surface area contributed by atoms with Gasteiger partial charge in [-0.05, 0) is 55.4 Å². The summed E-state index contributed by atoms with van der Waals surface area (Å²) in [5.41, 5.74) is 2.08. The van der Waals surface area contributed by atoms with Gasteiger partial charge in [-0.15, -0.1) is 0 Å². The lowest BCUT2D eigenvalue weighted by Crippen LogP contribution is -2.33. The summed E-state index contributed by atoms with van der Waals surface area (Å²) in [7, 11) is 4.20. The number of carbonyl (C=O) groups excluding carboxylic acids is 1. The summed E-state index contributed by atoms with van der Waals surface area (Å²) >= 11 is 1.49. The van der Waals surface area contributed by atoms with Crippen molar-refractivity contribution in [2.75, 3.05) is 27.2 Å². The highest BCUT2D eigenvalue weighted by molar-refractivity contribution is 8.18. The first-order valence-corrected chi connectivity index (χ1v) is 8.93. The van der Waals surface area contributed by atoms with Gasteiger partial charge in [0.2, 0.25) is 0 Å². The zero-order valence-corrected chi connectivity index (χ0v) is 14.6. The minimum Gasteiger partial charge on any atom is -0.361 e. The van der Waals surface area contributed by atoms with Gasteiger partial charge in [-0.1, -0.05) is 18.2 Å². The molecule has 0 spiro atoms. The summed E-state index contributed by atoms with van der Waals surface area (Å²) in [6.45, 7) is 1.90. The first kappa shape index (κ1) is 15.5. The van der Waals surface area contributed by atoms with Crippen LogP contribution in [0.1, 0.15) is 12.0 Å². The number of likely N-dealkylation sites (tertiary alicyclic amines) is 1. The number of hydrogen-bond acceptors (Lipinski definition) is 4. The Kier molecular flexibility index (Phi) is 3.94. The fourth-order valence-electron chi connectivity index (χ4n) is 3.24. The number of likely N-dealkylation sites (N-methyl/N-ethyl adjacent to an activating group) is 1. The smallest absolute Gasteiger partial charge is 0.286 e. The van der Waals surface area contributed by atoms with E-state index < -0.39 is 0 Å². The minimum absolute atomic E-state index is 0.133. The maximum atomic E-state index is 12.3. The summed E-state index contributed by atoms with van der Waals surface area (Å²) in [5, 5.41) is 1.99. The minimum atomic E-state index is -0.133. The van der Waals surface area contributed by atoms with Gasteiger partial charge in [-0.25, -0.2) is 0 Å². The lowest BCUT2D eigenvalue weighted by molar-refractivity contribution is -0.113. The van der Waals surface area contributed by atoms with Crippen molar-refractivity contribution in [3.05, 3.63) is 40.9 Å². The van der Waals surface area contributed by atoms with Crippen LogP contribution in [0.4, 0.5) is 0 Å². The molecule has 2 aliphatic rings.